The molecular weight excluding hydrogens is 225 g/mol. The van der Waals surface area contributed by atoms with E-state index in [4.69, 9.17) is 10.6 Å². The summed E-state index contributed by atoms with van der Waals surface area (Å²) in [5.74, 6) is -0.708. The van der Waals surface area contributed by atoms with Gasteiger partial charge >= 0.3 is 0 Å². The van der Waals surface area contributed by atoms with E-state index in [-0.39, 0.29) is 17.8 Å². The fraction of sp³-hybridized carbons (Fsp3) is 0.273. The Hall–Kier alpha value is -1.95. The van der Waals surface area contributed by atoms with Gasteiger partial charge < -0.3 is 15.9 Å². The fourth-order valence-electron chi connectivity index (χ4n) is 1.43. The Morgan fingerprint density at radius 2 is 2.24 bits per heavy atom. The summed E-state index contributed by atoms with van der Waals surface area (Å²) in [6.07, 6.45) is 0.160. The molecule has 5 nitrogen and oxygen atoms in total. The number of nitrogens with zero attached hydrogens (tertiary/aromatic N) is 1. The zero-order valence-corrected chi connectivity index (χ0v) is 9.02. The molecule has 0 fully saturated rings. The molecule has 3 N–H and O–H groups in total. The van der Waals surface area contributed by atoms with E-state index in [0.717, 1.165) is 0 Å². The standard InChI is InChI=1S/C11H12FN3O2/c12-7-1-3-8(4-2-7)14-11(16)10-5-9(6-13)17-15-10/h1-4,9H,5-6,13H2,(H,14,16)/t9-/m0/s1. The molecule has 6 heteroatoms. The minimum atomic E-state index is -0.354. The molecule has 90 valence electrons. The second-order valence-electron chi connectivity index (χ2n) is 3.67. The van der Waals surface area contributed by atoms with E-state index < -0.39 is 0 Å². The van der Waals surface area contributed by atoms with E-state index in [1.807, 2.05) is 0 Å². The highest BCUT2D eigenvalue weighted by molar-refractivity contribution is 6.43. The SMILES string of the molecule is NC[C@@H]1CC(C(=O)Nc2ccc(F)cc2)=NO1. The molecule has 0 aliphatic carbocycles. The van der Waals surface area contributed by atoms with Gasteiger partial charge in [0.2, 0.25) is 0 Å². The van der Waals surface area contributed by atoms with Gasteiger partial charge in [-0.3, -0.25) is 4.79 Å². The van der Waals surface area contributed by atoms with Gasteiger partial charge in [0.05, 0.1) is 0 Å². The topological polar surface area (TPSA) is 76.7 Å². The maximum atomic E-state index is 12.7. The van der Waals surface area contributed by atoms with Crippen LogP contribution in [0.2, 0.25) is 0 Å². The molecule has 0 saturated carbocycles. The van der Waals surface area contributed by atoms with E-state index >= 15 is 0 Å². The van der Waals surface area contributed by atoms with E-state index in [1.165, 1.54) is 24.3 Å². The van der Waals surface area contributed by atoms with Gasteiger partial charge in [-0.2, -0.15) is 0 Å². The summed E-state index contributed by atoms with van der Waals surface area (Å²) in [6.45, 7) is 0.316. The molecule has 0 radical (unpaired) electrons. The lowest BCUT2D eigenvalue weighted by Gasteiger charge is -2.04. The minimum Gasteiger partial charge on any atom is -0.390 e. The second kappa shape index (κ2) is 4.92. The number of oxime groups is 1. The Morgan fingerprint density at radius 3 is 2.82 bits per heavy atom. The zero-order valence-electron chi connectivity index (χ0n) is 9.02. The molecule has 17 heavy (non-hydrogen) atoms. The van der Waals surface area contributed by atoms with Crippen molar-refractivity contribution in [2.75, 3.05) is 11.9 Å². The number of amides is 1. The monoisotopic (exact) mass is 237 g/mol. The van der Waals surface area contributed by atoms with Crippen LogP contribution in [-0.4, -0.2) is 24.3 Å². The van der Waals surface area contributed by atoms with Gasteiger partial charge in [0.1, 0.15) is 17.6 Å². The van der Waals surface area contributed by atoms with Gasteiger partial charge in [0, 0.05) is 18.7 Å². The second-order valence-corrected chi connectivity index (χ2v) is 3.67. The van der Waals surface area contributed by atoms with E-state index in [2.05, 4.69) is 10.5 Å². The first-order chi connectivity index (χ1) is 8.19. The van der Waals surface area contributed by atoms with Crippen LogP contribution in [0.4, 0.5) is 10.1 Å². The molecule has 1 amide bonds. The Morgan fingerprint density at radius 1 is 1.53 bits per heavy atom. The van der Waals surface area contributed by atoms with Crippen LogP contribution in [0.3, 0.4) is 0 Å². The van der Waals surface area contributed by atoms with Crippen molar-refractivity contribution in [3.63, 3.8) is 0 Å². The van der Waals surface area contributed by atoms with E-state index in [1.54, 1.807) is 0 Å². The third-order valence-corrected chi connectivity index (χ3v) is 2.36. The summed E-state index contributed by atoms with van der Waals surface area (Å²) in [7, 11) is 0. The van der Waals surface area contributed by atoms with Crippen LogP contribution in [0, 0.1) is 5.82 Å². The molecule has 1 heterocycles. The van der Waals surface area contributed by atoms with Crippen molar-refractivity contribution < 1.29 is 14.0 Å². The van der Waals surface area contributed by atoms with E-state index in [9.17, 15) is 9.18 Å². The van der Waals surface area contributed by atoms with Crippen LogP contribution in [-0.2, 0) is 9.63 Å². The summed E-state index contributed by atoms with van der Waals surface area (Å²) in [6, 6.07) is 5.49. The summed E-state index contributed by atoms with van der Waals surface area (Å²) in [5, 5.41) is 6.25. The maximum absolute atomic E-state index is 12.7. The highest BCUT2D eigenvalue weighted by Gasteiger charge is 2.24. The average Bonchev–Trinajstić information content (AvgIpc) is 2.81. The van der Waals surface area contributed by atoms with E-state index in [0.29, 0.717) is 24.4 Å². The molecule has 1 aliphatic rings. The Labute approximate surface area is 97.4 Å². The molecular formula is C11H12FN3O2. The first-order valence-electron chi connectivity index (χ1n) is 5.18. The van der Waals surface area contributed by atoms with Crippen molar-refractivity contribution >= 4 is 17.3 Å². The van der Waals surface area contributed by atoms with Crippen molar-refractivity contribution in [2.24, 2.45) is 10.9 Å². The van der Waals surface area contributed by atoms with Crippen molar-refractivity contribution in [1.29, 1.82) is 0 Å². The third-order valence-electron chi connectivity index (χ3n) is 2.36. The lowest BCUT2D eigenvalue weighted by atomic mass is 10.1. The Kier molecular flexibility index (Phi) is 3.34. The third kappa shape index (κ3) is 2.79. The van der Waals surface area contributed by atoms with Crippen LogP contribution in [0.1, 0.15) is 6.42 Å². The number of hydrogen-bond donors (Lipinski definition) is 2. The summed E-state index contributed by atoms with van der Waals surface area (Å²) < 4.78 is 12.7. The number of anilines is 1. The fourth-order valence-corrected chi connectivity index (χ4v) is 1.43. The first-order valence-corrected chi connectivity index (χ1v) is 5.18. The smallest absolute Gasteiger partial charge is 0.273 e. The average molecular weight is 237 g/mol. The summed E-state index contributed by atoms with van der Waals surface area (Å²) >= 11 is 0. The van der Waals surface area contributed by atoms with Crippen LogP contribution in [0.5, 0.6) is 0 Å². The number of carbonyl (C=O) groups excluding carboxylic acids is 1. The van der Waals surface area contributed by atoms with Gasteiger partial charge in [0.25, 0.3) is 5.91 Å². The molecule has 0 bridgehead atoms. The highest BCUT2D eigenvalue weighted by Crippen LogP contribution is 2.12. The molecule has 0 aromatic heterocycles. The molecule has 1 aromatic carbocycles. The lowest BCUT2D eigenvalue weighted by Crippen LogP contribution is -2.25. The largest absolute Gasteiger partial charge is 0.390 e. The molecule has 1 aromatic rings. The number of halogens is 1. The van der Waals surface area contributed by atoms with Crippen molar-refractivity contribution in [2.45, 2.75) is 12.5 Å². The maximum Gasteiger partial charge on any atom is 0.273 e. The number of hydrogen-bond acceptors (Lipinski definition) is 4. The van der Waals surface area contributed by atoms with Gasteiger partial charge in [0.15, 0.2) is 0 Å². The highest BCUT2D eigenvalue weighted by atomic mass is 19.1. The van der Waals surface area contributed by atoms with Gasteiger partial charge in [-0.1, -0.05) is 5.16 Å². The van der Waals surface area contributed by atoms with Crippen LogP contribution in [0.15, 0.2) is 29.4 Å². The Bertz CT molecular complexity index is 445. The van der Waals surface area contributed by atoms with Crippen molar-refractivity contribution in [3.05, 3.63) is 30.1 Å². The molecule has 2 rings (SSSR count). The predicted molar refractivity (Wildman–Crippen MR) is 61.0 cm³/mol. The quantitative estimate of drug-likeness (QED) is 0.818. The summed E-state index contributed by atoms with van der Waals surface area (Å²) in [5.41, 5.74) is 6.20. The molecule has 0 spiro atoms. The van der Waals surface area contributed by atoms with Crippen LogP contribution in [0.25, 0.3) is 0 Å². The van der Waals surface area contributed by atoms with Gasteiger partial charge in [-0.25, -0.2) is 4.39 Å². The van der Waals surface area contributed by atoms with Gasteiger partial charge in [-0.05, 0) is 24.3 Å². The molecule has 1 aliphatic heterocycles. The number of nitrogens with two attached hydrogens (primary N) is 1. The Balaban J connectivity index is 1.96. The molecule has 0 unspecified atom stereocenters. The number of benzene rings is 1. The first kappa shape index (κ1) is 11.5. The van der Waals surface area contributed by atoms with Crippen molar-refractivity contribution in [3.8, 4) is 0 Å². The van der Waals surface area contributed by atoms with Crippen LogP contribution >= 0.6 is 0 Å². The van der Waals surface area contributed by atoms with Gasteiger partial charge in [-0.15, -0.1) is 0 Å². The minimum absolute atomic E-state index is 0.232. The normalized spacial score (nSPS) is 18.5. The van der Waals surface area contributed by atoms with Crippen LogP contribution < -0.4 is 11.1 Å². The van der Waals surface area contributed by atoms with Crippen molar-refractivity contribution in [1.82, 2.24) is 0 Å². The number of rotatable bonds is 3. The summed E-state index contributed by atoms with van der Waals surface area (Å²) in [4.78, 5) is 16.6. The zero-order chi connectivity index (χ0) is 12.3. The number of nitrogens with one attached hydrogen (secondary N) is 1. The lowest BCUT2D eigenvalue weighted by molar-refractivity contribution is -0.110. The number of carbonyl (C=O) groups is 1. The molecule has 0 saturated heterocycles. The molecule has 1 atom stereocenters. The predicted octanol–water partition coefficient (Wildman–Crippen LogP) is 0.868.